The topological polar surface area (TPSA) is 38.0 Å². The quantitative estimate of drug-likeness (QED) is 0.668. The van der Waals surface area contributed by atoms with E-state index in [-0.39, 0.29) is 0 Å². The van der Waals surface area contributed by atoms with Crippen molar-refractivity contribution < 1.29 is 8.78 Å². The van der Waals surface area contributed by atoms with E-state index in [1.807, 2.05) is 19.1 Å². The summed E-state index contributed by atoms with van der Waals surface area (Å²) in [6.07, 6.45) is 0. The molecule has 0 aliphatic heterocycles. The van der Waals surface area contributed by atoms with Gasteiger partial charge in [-0.2, -0.15) is 0 Å². The van der Waals surface area contributed by atoms with E-state index in [9.17, 15) is 8.78 Å². The standard InChI is InChI=1S/C14H13ClF2N2/c1-8-3-2-4-10(13(8)15)14(19-18)9-5-6-11(16)12(17)7-9/h2-7,14,19H,18H2,1H3. The molecule has 19 heavy (non-hydrogen) atoms. The maximum atomic E-state index is 13.3. The largest absolute Gasteiger partial charge is 0.271 e. The summed E-state index contributed by atoms with van der Waals surface area (Å²) in [5, 5.41) is 0.551. The summed E-state index contributed by atoms with van der Waals surface area (Å²) in [4.78, 5) is 0. The van der Waals surface area contributed by atoms with Crippen LogP contribution in [0.2, 0.25) is 5.02 Å². The number of nitrogens with one attached hydrogen (secondary N) is 1. The minimum atomic E-state index is -0.915. The van der Waals surface area contributed by atoms with Crippen LogP contribution in [0.25, 0.3) is 0 Å². The van der Waals surface area contributed by atoms with E-state index in [0.29, 0.717) is 10.6 Å². The molecule has 1 unspecified atom stereocenters. The van der Waals surface area contributed by atoms with Gasteiger partial charge in [0.2, 0.25) is 0 Å². The fourth-order valence-corrected chi connectivity index (χ4v) is 2.19. The summed E-state index contributed by atoms with van der Waals surface area (Å²) in [5.74, 6) is 3.71. The number of aryl methyl sites for hydroxylation is 1. The van der Waals surface area contributed by atoms with Crippen molar-refractivity contribution in [3.05, 3.63) is 69.7 Å². The molecule has 2 nitrogen and oxygen atoms in total. The monoisotopic (exact) mass is 282 g/mol. The van der Waals surface area contributed by atoms with Crippen molar-refractivity contribution in [3.63, 3.8) is 0 Å². The van der Waals surface area contributed by atoms with E-state index in [0.717, 1.165) is 23.3 Å². The molecule has 0 spiro atoms. The fraction of sp³-hybridized carbons (Fsp3) is 0.143. The molecule has 0 saturated heterocycles. The van der Waals surface area contributed by atoms with Crippen LogP contribution in [0.5, 0.6) is 0 Å². The first kappa shape index (κ1) is 13.9. The summed E-state index contributed by atoms with van der Waals surface area (Å²) in [5.41, 5.74) is 4.69. The Bertz CT molecular complexity index is 602. The second-order valence-electron chi connectivity index (χ2n) is 4.25. The van der Waals surface area contributed by atoms with E-state index in [1.165, 1.54) is 6.07 Å². The van der Waals surface area contributed by atoms with Crippen LogP contribution in [0.4, 0.5) is 8.78 Å². The Morgan fingerprint density at radius 1 is 1.16 bits per heavy atom. The number of rotatable bonds is 3. The first-order valence-electron chi connectivity index (χ1n) is 5.70. The maximum absolute atomic E-state index is 13.3. The summed E-state index contributed by atoms with van der Waals surface area (Å²) in [6, 6.07) is 8.65. The van der Waals surface area contributed by atoms with Gasteiger partial charge in [0.1, 0.15) is 0 Å². The highest BCUT2D eigenvalue weighted by molar-refractivity contribution is 6.32. The Labute approximate surface area is 115 Å². The molecule has 0 fully saturated rings. The number of hydrazine groups is 1. The maximum Gasteiger partial charge on any atom is 0.159 e. The van der Waals surface area contributed by atoms with Crippen molar-refractivity contribution in [1.29, 1.82) is 0 Å². The van der Waals surface area contributed by atoms with Crippen molar-refractivity contribution >= 4 is 11.6 Å². The highest BCUT2D eigenvalue weighted by Crippen LogP contribution is 2.30. The van der Waals surface area contributed by atoms with Crippen molar-refractivity contribution in [2.45, 2.75) is 13.0 Å². The zero-order valence-corrected chi connectivity index (χ0v) is 11.0. The van der Waals surface area contributed by atoms with Crippen molar-refractivity contribution in [3.8, 4) is 0 Å². The normalized spacial score (nSPS) is 12.5. The van der Waals surface area contributed by atoms with E-state index in [4.69, 9.17) is 17.4 Å². The highest BCUT2D eigenvalue weighted by atomic mass is 35.5. The van der Waals surface area contributed by atoms with Crippen LogP contribution in [0, 0.1) is 18.6 Å². The van der Waals surface area contributed by atoms with Crippen LogP contribution in [-0.4, -0.2) is 0 Å². The molecule has 0 aliphatic rings. The molecule has 0 radical (unpaired) electrons. The van der Waals surface area contributed by atoms with Gasteiger partial charge in [-0.05, 0) is 35.7 Å². The fourth-order valence-electron chi connectivity index (χ4n) is 1.95. The number of benzene rings is 2. The third-order valence-electron chi connectivity index (χ3n) is 2.98. The average Bonchev–Trinajstić information content (AvgIpc) is 2.39. The highest BCUT2D eigenvalue weighted by Gasteiger charge is 2.18. The number of halogens is 3. The lowest BCUT2D eigenvalue weighted by Crippen LogP contribution is -2.29. The Balaban J connectivity index is 2.50. The summed E-state index contributed by atoms with van der Waals surface area (Å²) < 4.78 is 26.3. The Morgan fingerprint density at radius 2 is 1.89 bits per heavy atom. The van der Waals surface area contributed by atoms with Crippen LogP contribution in [0.3, 0.4) is 0 Å². The second kappa shape index (κ2) is 5.65. The number of hydrogen-bond acceptors (Lipinski definition) is 2. The zero-order valence-electron chi connectivity index (χ0n) is 10.3. The molecule has 1 atom stereocenters. The third-order valence-corrected chi connectivity index (χ3v) is 3.49. The lowest BCUT2D eigenvalue weighted by molar-refractivity contribution is 0.504. The van der Waals surface area contributed by atoms with E-state index in [2.05, 4.69) is 5.43 Å². The number of nitrogens with two attached hydrogens (primary N) is 1. The summed E-state index contributed by atoms with van der Waals surface area (Å²) in [7, 11) is 0. The molecule has 0 aromatic heterocycles. The zero-order chi connectivity index (χ0) is 14.0. The van der Waals surface area contributed by atoms with Gasteiger partial charge >= 0.3 is 0 Å². The first-order valence-corrected chi connectivity index (χ1v) is 6.08. The number of hydrogen-bond donors (Lipinski definition) is 2. The predicted molar refractivity (Wildman–Crippen MR) is 71.7 cm³/mol. The van der Waals surface area contributed by atoms with Crippen molar-refractivity contribution in [2.24, 2.45) is 5.84 Å². The molecule has 2 rings (SSSR count). The minimum absolute atomic E-state index is 0.498. The molecule has 100 valence electrons. The smallest absolute Gasteiger partial charge is 0.159 e. The van der Waals surface area contributed by atoms with Crippen LogP contribution >= 0.6 is 11.6 Å². The van der Waals surface area contributed by atoms with Gasteiger partial charge in [0, 0.05) is 5.02 Å². The van der Waals surface area contributed by atoms with Crippen LogP contribution in [0.1, 0.15) is 22.7 Å². The Kier molecular flexibility index (Phi) is 4.14. The average molecular weight is 283 g/mol. The van der Waals surface area contributed by atoms with Crippen LogP contribution < -0.4 is 11.3 Å². The molecule has 0 heterocycles. The summed E-state index contributed by atoms with van der Waals surface area (Å²) >= 11 is 6.22. The van der Waals surface area contributed by atoms with Crippen molar-refractivity contribution in [1.82, 2.24) is 5.43 Å². The molecule has 0 amide bonds. The van der Waals surface area contributed by atoms with Crippen LogP contribution in [-0.2, 0) is 0 Å². The van der Waals surface area contributed by atoms with Crippen LogP contribution in [0.15, 0.2) is 36.4 Å². The van der Waals surface area contributed by atoms with Gasteiger partial charge in [-0.1, -0.05) is 35.9 Å². The van der Waals surface area contributed by atoms with Gasteiger partial charge in [-0.25, -0.2) is 14.2 Å². The van der Waals surface area contributed by atoms with E-state index in [1.54, 1.807) is 6.07 Å². The minimum Gasteiger partial charge on any atom is -0.271 e. The summed E-state index contributed by atoms with van der Waals surface area (Å²) in [6.45, 7) is 1.87. The van der Waals surface area contributed by atoms with E-state index >= 15 is 0 Å². The van der Waals surface area contributed by atoms with Gasteiger partial charge in [0.25, 0.3) is 0 Å². The van der Waals surface area contributed by atoms with Gasteiger partial charge < -0.3 is 0 Å². The molecule has 0 aliphatic carbocycles. The Hall–Kier alpha value is -1.49. The predicted octanol–water partition coefficient (Wildman–Crippen LogP) is 3.48. The van der Waals surface area contributed by atoms with Crippen molar-refractivity contribution in [2.75, 3.05) is 0 Å². The molecule has 0 saturated carbocycles. The Morgan fingerprint density at radius 3 is 2.53 bits per heavy atom. The lowest BCUT2D eigenvalue weighted by atomic mass is 9.97. The lowest BCUT2D eigenvalue weighted by Gasteiger charge is -2.19. The molecular formula is C14H13ClF2N2. The first-order chi connectivity index (χ1) is 9.04. The van der Waals surface area contributed by atoms with Gasteiger partial charge in [0.05, 0.1) is 6.04 Å². The third kappa shape index (κ3) is 2.76. The van der Waals surface area contributed by atoms with Gasteiger partial charge in [-0.3, -0.25) is 5.84 Å². The molecular weight excluding hydrogens is 270 g/mol. The second-order valence-corrected chi connectivity index (χ2v) is 4.63. The molecule has 0 bridgehead atoms. The molecule has 2 aromatic carbocycles. The van der Waals surface area contributed by atoms with Gasteiger partial charge in [-0.15, -0.1) is 0 Å². The molecule has 5 heteroatoms. The molecule has 2 aromatic rings. The SMILES string of the molecule is Cc1cccc(C(NN)c2ccc(F)c(F)c2)c1Cl. The molecule has 3 N–H and O–H groups in total. The van der Waals surface area contributed by atoms with E-state index < -0.39 is 17.7 Å². The van der Waals surface area contributed by atoms with Gasteiger partial charge in [0.15, 0.2) is 11.6 Å².